The Bertz CT molecular complexity index is 649. The maximum absolute atomic E-state index is 11.5. The third kappa shape index (κ3) is 3.34. The highest BCUT2D eigenvalue weighted by molar-refractivity contribution is 5.98. The van der Waals surface area contributed by atoms with E-state index in [1.807, 2.05) is 0 Å². The maximum Gasteiger partial charge on any atom is 0.339 e. The summed E-state index contributed by atoms with van der Waals surface area (Å²) < 4.78 is 4.56. The first-order valence-electron chi connectivity index (χ1n) is 5.26. The molecule has 7 heteroatoms. The number of nitrogens with zero attached hydrogens (tertiary/aromatic N) is 2. The summed E-state index contributed by atoms with van der Waals surface area (Å²) in [5.74, 6) is -1.84. The van der Waals surface area contributed by atoms with Gasteiger partial charge in [0.15, 0.2) is 0 Å². The van der Waals surface area contributed by atoms with Crippen molar-refractivity contribution in [3.05, 3.63) is 41.1 Å². The number of allylic oxidation sites excluding steroid dienone is 1. The Labute approximate surface area is 114 Å². The molecule has 1 aromatic rings. The number of aromatic carboxylic acids is 1. The zero-order chi connectivity index (χ0) is 15.1. The summed E-state index contributed by atoms with van der Waals surface area (Å²) >= 11 is 0. The summed E-state index contributed by atoms with van der Waals surface area (Å²) in [6.07, 6.45) is 1.08. The van der Waals surface area contributed by atoms with Crippen molar-refractivity contribution in [2.45, 2.75) is 0 Å². The number of carbonyl (C=O) groups is 2. The Kier molecular flexibility index (Phi) is 4.84. The molecular formula is C13H9N3O4. The van der Waals surface area contributed by atoms with Crippen molar-refractivity contribution >= 4 is 17.6 Å². The van der Waals surface area contributed by atoms with Gasteiger partial charge in [0.05, 0.1) is 23.9 Å². The number of benzene rings is 1. The zero-order valence-corrected chi connectivity index (χ0v) is 10.4. The summed E-state index contributed by atoms with van der Waals surface area (Å²) in [6, 6.07) is 6.99. The lowest BCUT2D eigenvalue weighted by Crippen LogP contribution is -2.07. The molecule has 0 saturated carbocycles. The van der Waals surface area contributed by atoms with Crippen molar-refractivity contribution in [1.29, 1.82) is 10.5 Å². The molecule has 0 amide bonds. The molecule has 0 spiro atoms. The van der Waals surface area contributed by atoms with Crippen molar-refractivity contribution in [2.75, 3.05) is 12.4 Å². The smallest absolute Gasteiger partial charge is 0.339 e. The minimum absolute atomic E-state index is 0.0518. The summed E-state index contributed by atoms with van der Waals surface area (Å²) in [4.78, 5) is 22.4. The minimum Gasteiger partial charge on any atom is -0.478 e. The first kappa shape index (κ1) is 14.7. The first-order chi connectivity index (χ1) is 9.53. The molecule has 0 fully saturated rings. The molecule has 0 atom stereocenters. The molecule has 0 radical (unpaired) electrons. The molecule has 0 aliphatic heterocycles. The highest BCUT2D eigenvalue weighted by Crippen LogP contribution is 2.19. The van der Waals surface area contributed by atoms with Gasteiger partial charge in [-0.05, 0) is 18.2 Å². The van der Waals surface area contributed by atoms with Gasteiger partial charge in [-0.25, -0.2) is 9.59 Å². The van der Waals surface area contributed by atoms with E-state index < -0.39 is 11.9 Å². The number of esters is 1. The molecule has 0 aliphatic carbocycles. The molecule has 100 valence electrons. The van der Waals surface area contributed by atoms with Crippen LogP contribution in [0.15, 0.2) is 30.0 Å². The van der Waals surface area contributed by atoms with Crippen LogP contribution < -0.4 is 5.32 Å². The largest absolute Gasteiger partial charge is 0.478 e. The minimum atomic E-state index is -1.17. The average molecular weight is 271 g/mol. The van der Waals surface area contributed by atoms with Crippen LogP contribution in [-0.2, 0) is 4.74 Å². The Morgan fingerprint density at radius 3 is 2.50 bits per heavy atom. The quantitative estimate of drug-likeness (QED) is 0.628. The van der Waals surface area contributed by atoms with E-state index in [1.54, 1.807) is 12.1 Å². The highest BCUT2D eigenvalue weighted by atomic mass is 16.5. The molecule has 2 N–H and O–H groups in total. The van der Waals surface area contributed by atoms with E-state index in [2.05, 4.69) is 10.1 Å². The SMILES string of the molecule is COC(=O)c1ccc(C(=O)O)cc1NC=C(C#N)C#N. The third-order valence-electron chi connectivity index (χ3n) is 2.28. The van der Waals surface area contributed by atoms with Crippen LogP contribution in [-0.4, -0.2) is 24.2 Å². The Balaban J connectivity index is 3.26. The van der Waals surface area contributed by atoms with Crippen molar-refractivity contribution in [3.63, 3.8) is 0 Å². The number of carboxylic acid groups (broad SMARTS) is 1. The van der Waals surface area contributed by atoms with Crippen molar-refractivity contribution in [2.24, 2.45) is 0 Å². The second kappa shape index (κ2) is 6.57. The van der Waals surface area contributed by atoms with Crippen LogP contribution in [0.5, 0.6) is 0 Å². The van der Waals surface area contributed by atoms with Gasteiger partial charge in [-0.3, -0.25) is 0 Å². The summed E-state index contributed by atoms with van der Waals surface area (Å²) in [7, 11) is 1.18. The van der Waals surface area contributed by atoms with Crippen molar-refractivity contribution in [1.82, 2.24) is 0 Å². The molecule has 1 rings (SSSR count). The van der Waals surface area contributed by atoms with Gasteiger partial charge >= 0.3 is 11.9 Å². The predicted octanol–water partition coefficient (Wildman–Crippen LogP) is 1.51. The van der Waals surface area contributed by atoms with Crippen LogP contribution in [0.25, 0.3) is 0 Å². The second-order valence-corrected chi connectivity index (χ2v) is 3.48. The summed E-state index contributed by atoms with van der Waals surface area (Å²) in [6.45, 7) is 0. The number of rotatable bonds is 4. The number of carboxylic acids is 1. The standard InChI is InChI=1S/C13H9N3O4/c1-20-13(19)10-3-2-9(12(17)18)4-11(10)16-7-8(5-14)6-15/h2-4,7,16H,1H3,(H,17,18). The predicted molar refractivity (Wildman–Crippen MR) is 67.7 cm³/mol. The van der Waals surface area contributed by atoms with E-state index >= 15 is 0 Å². The van der Waals surface area contributed by atoms with Crippen molar-refractivity contribution in [3.8, 4) is 12.1 Å². The second-order valence-electron chi connectivity index (χ2n) is 3.48. The molecule has 1 aromatic carbocycles. The number of nitriles is 2. The van der Waals surface area contributed by atoms with Gasteiger partial charge in [0.2, 0.25) is 0 Å². The van der Waals surface area contributed by atoms with E-state index in [-0.39, 0.29) is 22.4 Å². The topological polar surface area (TPSA) is 123 Å². The molecular weight excluding hydrogens is 262 g/mol. The zero-order valence-electron chi connectivity index (χ0n) is 10.4. The number of nitrogens with one attached hydrogen (secondary N) is 1. The molecule has 0 aliphatic rings. The molecule has 20 heavy (non-hydrogen) atoms. The van der Waals surface area contributed by atoms with Gasteiger partial charge in [-0.2, -0.15) is 10.5 Å². The lowest BCUT2D eigenvalue weighted by atomic mass is 10.1. The normalized spacial score (nSPS) is 8.75. The third-order valence-corrected chi connectivity index (χ3v) is 2.28. The highest BCUT2D eigenvalue weighted by Gasteiger charge is 2.14. The van der Waals surface area contributed by atoms with Crippen LogP contribution in [0.1, 0.15) is 20.7 Å². The lowest BCUT2D eigenvalue weighted by molar-refractivity contribution is 0.0599. The molecule has 0 bridgehead atoms. The molecule has 0 aromatic heterocycles. The number of hydrogen-bond donors (Lipinski definition) is 2. The average Bonchev–Trinajstić information content (AvgIpc) is 2.47. The fourth-order valence-electron chi connectivity index (χ4n) is 1.32. The van der Waals surface area contributed by atoms with E-state index in [0.717, 1.165) is 6.20 Å². The first-order valence-corrected chi connectivity index (χ1v) is 5.26. The summed E-state index contributed by atoms with van der Waals surface area (Å²) in [5.41, 5.74) is -0.0608. The fraction of sp³-hybridized carbons (Fsp3) is 0.0769. The van der Waals surface area contributed by atoms with Gasteiger partial charge in [-0.1, -0.05) is 0 Å². The van der Waals surface area contributed by atoms with Crippen LogP contribution in [0, 0.1) is 22.7 Å². The maximum atomic E-state index is 11.5. The van der Waals surface area contributed by atoms with Crippen molar-refractivity contribution < 1.29 is 19.4 Å². The number of anilines is 1. The van der Waals surface area contributed by atoms with Gasteiger partial charge in [0.1, 0.15) is 17.7 Å². The van der Waals surface area contributed by atoms with Crippen LogP contribution >= 0.6 is 0 Å². The van der Waals surface area contributed by atoms with Crippen LogP contribution in [0.2, 0.25) is 0 Å². The van der Waals surface area contributed by atoms with Gasteiger partial charge in [0.25, 0.3) is 0 Å². The van der Waals surface area contributed by atoms with Crippen LogP contribution in [0.3, 0.4) is 0 Å². The molecule has 0 heterocycles. The summed E-state index contributed by atoms with van der Waals surface area (Å²) in [5, 5.41) is 28.7. The Morgan fingerprint density at radius 1 is 1.35 bits per heavy atom. The number of ether oxygens (including phenoxy) is 1. The fourth-order valence-corrected chi connectivity index (χ4v) is 1.32. The molecule has 7 nitrogen and oxygen atoms in total. The van der Waals surface area contributed by atoms with E-state index in [4.69, 9.17) is 15.6 Å². The van der Waals surface area contributed by atoms with Gasteiger partial charge < -0.3 is 15.2 Å². The van der Waals surface area contributed by atoms with Crippen LogP contribution in [0.4, 0.5) is 5.69 Å². The van der Waals surface area contributed by atoms with E-state index in [1.165, 1.54) is 25.3 Å². The number of methoxy groups -OCH3 is 1. The molecule has 0 unspecified atom stereocenters. The lowest BCUT2D eigenvalue weighted by Gasteiger charge is -2.08. The Morgan fingerprint density at radius 2 is 2.00 bits per heavy atom. The van der Waals surface area contributed by atoms with E-state index in [0.29, 0.717) is 0 Å². The van der Waals surface area contributed by atoms with Gasteiger partial charge in [0, 0.05) is 6.20 Å². The number of carbonyl (C=O) groups excluding carboxylic acids is 1. The molecule has 0 saturated heterocycles. The van der Waals surface area contributed by atoms with E-state index in [9.17, 15) is 9.59 Å². The van der Waals surface area contributed by atoms with Gasteiger partial charge in [-0.15, -0.1) is 0 Å². The monoisotopic (exact) mass is 271 g/mol. The number of hydrogen-bond acceptors (Lipinski definition) is 6. The Hall–Kier alpha value is -3.32.